The fourth-order valence-corrected chi connectivity index (χ4v) is 2.99. The van der Waals surface area contributed by atoms with E-state index >= 15 is 0 Å². The van der Waals surface area contributed by atoms with Crippen molar-refractivity contribution >= 4 is 33.2 Å². The molecule has 0 bridgehead atoms. The SMILES string of the molecule is CCn1cccc1C(=O)NCc1cc(Br)cs1. The Morgan fingerprint density at radius 1 is 1.59 bits per heavy atom. The second-order valence-corrected chi connectivity index (χ2v) is 5.50. The lowest BCUT2D eigenvalue weighted by atomic mass is 10.4. The number of halogens is 1. The van der Waals surface area contributed by atoms with Crippen molar-refractivity contribution < 1.29 is 4.79 Å². The van der Waals surface area contributed by atoms with Crippen molar-refractivity contribution in [1.29, 1.82) is 0 Å². The quantitative estimate of drug-likeness (QED) is 0.923. The molecule has 17 heavy (non-hydrogen) atoms. The highest BCUT2D eigenvalue weighted by atomic mass is 79.9. The maximum Gasteiger partial charge on any atom is 0.268 e. The molecule has 2 heterocycles. The molecule has 0 aliphatic carbocycles. The molecule has 0 aliphatic heterocycles. The molecule has 90 valence electrons. The second kappa shape index (κ2) is 5.51. The van der Waals surface area contributed by atoms with Crippen LogP contribution in [-0.2, 0) is 13.1 Å². The Bertz CT molecular complexity index is 518. The second-order valence-electron chi connectivity index (χ2n) is 3.59. The van der Waals surface area contributed by atoms with Crippen molar-refractivity contribution in [3.63, 3.8) is 0 Å². The third-order valence-corrected chi connectivity index (χ3v) is 4.15. The van der Waals surface area contributed by atoms with E-state index in [2.05, 4.69) is 21.2 Å². The highest BCUT2D eigenvalue weighted by molar-refractivity contribution is 9.10. The summed E-state index contributed by atoms with van der Waals surface area (Å²) in [6.45, 7) is 3.40. The molecule has 0 spiro atoms. The van der Waals surface area contributed by atoms with Crippen LogP contribution in [0.1, 0.15) is 22.3 Å². The number of nitrogens with zero attached hydrogens (tertiary/aromatic N) is 1. The van der Waals surface area contributed by atoms with Crippen molar-refractivity contribution in [2.45, 2.75) is 20.0 Å². The fraction of sp³-hybridized carbons (Fsp3) is 0.250. The summed E-state index contributed by atoms with van der Waals surface area (Å²) in [5.41, 5.74) is 0.711. The van der Waals surface area contributed by atoms with Gasteiger partial charge in [-0.3, -0.25) is 4.79 Å². The van der Waals surface area contributed by atoms with Crippen LogP contribution < -0.4 is 5.32 Å². The van der Waals surface area contributed by atoms with Gasteiger partial charge in [-0.15, -0.1) is 11.3 Å². The number of hydrogen-bond donors (Lipinski definition) is 1. The maximum absolute atomic E-state index is 11.9. The lowest BCUT2D eigenvalue weighted by Crippen LogP contribution is -2.24. The molecule has 1 amide bonds. The van der Waals surface area contributed by atoms with Crippen LogP contribution in [-0.4, -0.2) is 10.5 Å². The Kier molecular flexibility index (Phi) is 4.02. The molecule has 0 fully saturated rings. The Balaban J connectivity index is 1.98. The molecule has 0 saturated carbocycles. The number of thiophene rings is 1. The molecule has 5 heteroatoms. The van der Waals surface area contributed by atoms with Gasteiger partial charge in [0.05, 0.1) is 6.54 Å². The predicted octanol–water partition coefficient (Wildman–Crippen LogP) is 3.26. The molecule has 2 aromatic heterocycles. The minimum absolute atomic E-state index is 0.0265. The Morgan fingerprint density at radius 3 is 3.06 bits per heavy atom. The van der Waals surface area contributed by atoms with Gasteiger partial charge in [0.15, 0.2) is 0 Å². The Labute approximate surface area is 113 Å². The van der Waals surface area contributed by atoms with Crippen molar-refractivity contribution in [2.24, 2.45) is 0 Å². The van der Waals surface area contributed by atoms with Crippen LogP contribution >= 0.6 is 27.3 Å². The van der Waals surface area contributed by atoms with E-state index in [-0.39, 0.29) is 5.91 Å². The van der Waals surface area contributed by atoms with Gasteiger partial charge in [0.1, 0.15) is 5.69 Å². The maximum atomic E-state index is 11.9. The first-order valence-corrected chi connectivity index (χ1v) is 7.04. The summed E-state index contributed by atoms with van der Waals surface area (Å²) < 4.78 is 2.99. The standard InChI is InChI=1S/C12H13BrN2OS/c1-2-15-5-3-4-11(15)12(16)14-7-10-6-9(13)8-17-10/h3-6,8H,2,7H2,1H3,(H,14,16). The molecule has 1 N–H and O–H groups in total. The number of carbonyl (C=O) groups excluding carboxylic acids is 1. The lowest BCUT2D eigenvalue weighted by molar-refractivity contribution is 0.0942. The lowest BCUT2D eigenvalue weighted by Gasteiger charge is -2.06. The number of amides is 1. The number of aromatic nitrogens is 1. The molecule has 0 aliphatic rings. The monoisotopic (exact) mass is 312 g/mol. The van der Waals surface area contributed by atoms with Crippen LogP contribution in [0.3, 0.4) is 0 Å². The summed E-state index contributed by atoms with van der Waals surface area (Å²) in [5, 5.41) is 4.93. The molecule has 2 rings (SSSR count). The zero-order valence-corrected chi connectivity index (χ0v) is 11.8. The normalized spacial score (nSPS) is 10.5. The first kappa shape index (κ1) is 12.4. The van der Waals surface area contributed by atoms with Crippen LogP contribution in [0.2, 0.25) is 0 Å². The molecule has 0 aromatic carbocycles. The summed E-state index contributed by atoms with van der Waals surface area (Å²) in [5.74, 6) is -0.0265. The molecular weight excluding hydrogens is 300 g/mol. The van der Waals surface area contributed by atoms with E-state index < -0.39 is 0 Å². The van der Waals surface area contributed by atoms with Gasteiger partial charge in [-0.1, -0.05) is 0 Å². The molecule has 0 atom stereocenters. The highest BCUT2D eigenvalue weighted by Crippen LogP contribution is 2.19. The molecule has 0 saturated heterocycles. The molecule has 3 nitrogen and oxygen atoms in total. The van der Waals surface area contributed by atoms with Gasteiger partial charge in [-0.25, -0.2) is 0 Å². The third-order valence-electron chi connectivity index (χ3n) is 2.45. The van der Waals surface area contributed by atoms with Gasteiger partial charge in [0.25, 0.3) is 5.91 Å². The summed E-state index contributed by atoms with van der Waals surface area (Å²) in [6, 6.07) is 5.74. The van der Waals surface area contributed by atoms with E-state index in [9.17, 15) is 4.79 Å². The zero-order chi connectivity index (χ0) is 12.3. The van der Waals surface area contributed by atoms with Crippen LogP contribution in [0, 0.1) is 0 Å². The van der Waals surface area contributed by atoms with Crippen LogP contribution in [0.15, 0.2) is 34.2 Å². The van der Waals surface area contributed by atoms with Gasteiger partial charge in [0, 0.05) is 27.5 Å². The van der Waals surface area contributed by atoms with E-state index in [4.69, 9.17) is 0 Å². The minimum Gasteiger partial charge on any atom is -0.346 e. The van der Waals surface area contributed by atoms with Crippen LogP contribution in [0.25, 0.3) is 0 Å². The van der Waals surface area contributed by atoms with Gasteiger partial charge in [0.2, 0.25) is 0 Å². The fourth-order valence-electron chi connectivity index (χ4n) is 1.60. The number of carbonyl (C=O) groups is 1. The van der Waals surface area contributed by atoms with E-state index in [0.717, 1.165) is 15.9 Å². The smallest absolute Gasteiger partial charge is 0.268 e. The number of aryl methyl sites for hydroxylation is 1. The molecular formula is C12H13BrN2OS. The predicted molar refractivity (Wildman–Crippen MR) is 73.3 cm³/mol. The van der Waals surface area contributed by atoms with Crippen LogP contribution in [0.4, 0.5) is 0 Å². The van der Waals surface area contributed by atoms with Gasteiger partial charge in [-0.2, -0.15) is 0 Å². The van der Waals surface area contributed by atoms with Crippen molar-refractivity contribution in [1.82, 2.24) is 9.88 Å². The highest BCUT2D eigenvalue weighted by Gasteiger charge is 2.09. The first-order chi connectivity index (χ1) is 8.20. The molecule has 0 radical (unpaired) electrons. The Morgan fingerprint density at radius 2 is 2.41 bits per heavy atom. The van der Waals surface area contributed by atoms with E-state index in [1.165, 1.54) is 0 Å². The average Bonchev–Trinajstić information content (AvgIpc) is 2.94. The molecule has 2 aromatic rings. The molecule has 0 unspecified atom stereocenters. The third kappa shape index (κ3) is 2.98. The van der Waals surface area contributed by atoms with Gasteiger partial charge < -0.3 is 9.88 Å². The summed E-state index contributed by atoms with van der Waals surface area (Å²) in [6.07, 6.45) is 1.91. The van der Waals surface area contributed by atoms with Crippen molar-refractivity contribution in [3.05, 3.63) is 44.8 Å². The van der Waals surface area contributed by atoms with Crippen molar-refractivity contribution in [2.75, 3.05) is 0 Å². The average molecular weight is 313 g/mol. The van der Waals surface area contributed by atoms with E-state index in [1.807, 2.05) is 41.3 Å². The summed E-state index contributed by atoms with van der Waals surface area (Å²) >= 11 is 5.02. The number of nitrogens with one attached hydrogen (secondary N) is 1. The van der Waals surface area contributed by atoms with Gasteiger partial charge >= 0.3 is 0 Å². The number of rotatable bonds is 4. The summed E-state index contributed by atoms with van der Waals surface area (Å²) in [4.78, 5) is 13.1. The number of hydrogen-bond acceptors (Lipinski definition) is 2. The minimum atomic E-state index is -0.0265. The van der Waals surface area contributed by atoms with Crippen molar-refractivity contribution in [3.8, 4) is 0 Å². The van der Waals surface area contributed by atoms with Gasteiger partial charge in [-0.05, 0) is 41.1 Å². The topological polar surface area (TPSA) is 34.0 Å². The first-order valence-electron chi connectivity index (χ1n) is 5.37. The largest absolute Gasteiger partial charge is 0.346 e. The Hall–Kier alpha value is -1.07. The zero-order valence-electron chi connectivity index (χ0n) is 9.44. The van der Waals surface area contributed by atoms with E-state index in [0.29, 0.717) is 12.2 Å². The van der Waals surface area contributed by atoms with Crippen LogP contribution in [0.5, 0.6) is 0 Å². The van der Waals surface area contributed by atoms with E-state index in [1.54, 1.807) is 11.3 Å². The summed E-state index contributed by atoms with van der Waals surface area (Å²) in [7, 11) is 0.